The third-order valence-corrected chi connectivity index (χ3v) is 1.50. The predicted octanol–water partition coefficient (Wildman–Crippen LogP) is 2.60. The minimum atomic E-state index is -4.17. The summed E-state index contributed by atoms with van der Waals surface area (Å²) in [5.41, 5.74) is -3.20. The summed E-state index contributed by atoms with van der Waals surface area (Å²) >= 11 is 4.51. The number of esters is 1. The van der Waals surface area contributed by atoms with Gasteiger partial charge < -0.3 is 9.47 Å². The first-order valence-corrected chi connectivity index (χ1v) is 4.42. The largest absolute Gasteiger partial charge is 0.463 e. The van der Waals surface area contributed by atoms with Crippen LogP contribution in [0.4, 0.5) is 13.2 Å². The van der Waals surface area contributed by atoms with Gasteiger partial charge in [0, 0.05) is 0 Å². The van der Waals surface area contributed by atoms with Crippen LogP contribution in [0.1, 0.15) is 13.8 Å². The van der Waals surface area contributed by atoms with Crippen LogP contribution < -0.4 is 0 Å². The van der Waals surface area contributed by atoms with Gasteiger partial charge in [-0.05, 0) is 13.8 Å². The van der Waals surface area contributed by atoms with Crippen molar-refractivity contribution < 1.29 is 27.4 Å². The molecule has 0 heterocycles. The van der Waals surface area contributed by atoms with E-state index in [-0.39, 0.29) is 12.2 Å². The van der Waals surface area contributed by atoms with Crippen LogP contribution in [0.3, 0.4) is 0 Å². The first kappa shape index (κ1) is 14.1. The van der Waals surface area contributed by atoms with Crippen LogP contribution >= 0.6 is 11.6 Å². The van der Waals surface area contributed by atoms with Gasteiger partial charge >= 0.3 is 12.1 Å². The molecule has 7 heteroatoms. The minimum absolute atomic E-state index is 0.0989. The second-order valence-electron chi connectivity index (χ2n) is 2.50. The maximum absolute atomic E-state index is 12.4. The lowest BCUT2D eigenvalue weighted by Gasteiger charge is -2.15. The molecule has 0 aromatic rings. The summed E-state index contributed by atoms with van der Waals surface area (Å²) in [6.07, 6.45) is -3.76. The average Bonchev–Trinajstić information content (AvgIpc) is 2.14. The van der Waals surface area contributed by atoms with E-state index >= 15 is 0 Å². The molecule has 88 valence electrons. The van der Waals surface area contributed by atoms with E-state index in [4.69, 9.17) is 0 Å². The van der Waals surface area contributed by atoms with Gasteiger partial charge in [0.15, 0.2) is 0 Å². The van der Waals surface area contributed by atoms with Crippen LogP contribution in [-0.4, -0.2) is 24.3 Å². The summed E-state index contributed by atoms with van der Waals surface area (Å²) in [7, 11) is 0. The Morgan fingerprint density at radius 3 is 2.53 bits per heavy atom. The quantitative estimate of drug-likeness (QED) is 0.324. The summed E-state index contributed by atoms with van der Waals surface area (Å²) in [5, 5.41) is 0. The Balaban J connectivity index is 4.33. The number of alkyl halides is 4. The Kier molecular flexibility index (Phi) is 5.49. The SMILES string of the molecule is CCOC(=O)/C(C)=C/OC(F)(F)C(F)Cl. The van der Waals surface area contributed by atoms with Crippen LogP contribution in [0, 0.1) is 0 Å². The van der Waals surface area contributed by atoms with Crippen LogP contribution in [0.5, 0.6) is 0 Å². The number of ether oxygens (including phenoxy) is 2. The molecule has 3 nitrogen and oxygen atoms in total. The summed E-state index contributed by atoms with van der Waals surface area (Å²) < 4.78 is 45.1. The Hall–Kier alpha value is -0.910. The van der Waals surface area contributed by atoms with Gasteiger partial charge in [-0.25, -0.2) is 9.18 Å². The zero-order valence-electron chi connectivity index (χ0n) is 8.10. The molecule has 0 N–H and O–H groups in total. The van der Waals surface area contributed by atoms with Gasteiger partial charge in [0.1, 0.15) is 6.26 Å². The van der Waals surface area contributed by atoms with Crippen molar-refractivity contribution in [3.63, 3.8) is 0 Å². The van der Waals surface area contributed by atoms with E-state index in [1.165, 1.54) is 6.92 Å². The molecule has 0 saturated heterocycles. The Morgan fingerprint density at radius 1 is 1.60 bits per heavy atom. The smallest absolute Gasteiger partial charge is 0.444 e. The molecule has 0 aliphatic heterocycles. The fraction of sp³-hybridized carbons (Fsp3) is 0.625. The molecular formula is C8H10ClF3O3. The lowest BCUT2D eigenvalue weighted by molar-refractivity contribution is -0.225. The number of carbonyl (C=O) groups is 1. The zero-order valence-corrected chi connectivity index (χ0v) is 8.85. The second-order valence-corrected chi connectivity index (χ2v) is 2.88. The molecule has 0 bridgehead atoms. The van der Waals surface area contributed by atoms with Crippen molar-refractivity contribution in [3.05, 3.63) is 11.8 Å². The number of halogens is 4. The molecule has 0 aromatic carbocycles. The Labute approximate surface area is 89.8 Å². The van der Waals surface area contributed by atoms with Crippen LogP contribution in [0.15, 0.2) is 11.8 Å². The summed E-state index contributed by atoms with van der Waals surface area (Å²) in [5.74, 6) is -0.821. The minimum Gasteiger partial charge on any atom is -0.463 e. The third-order valence-electron chi connectivity index (χ3n) is 1.24. The van der Waals surface area contributed by atoms with Crippen molar-refractivity contribution in [1.29, 1.82) is 0 Å². The molecule has 0 spiro atoms. The highest BCUT2D eigenvalue weighted by atomic mass is 35.5. The molecule has 0 amide bonds. The number of hydrogen-bond acceptors (Lipinski definition) is 3. The summed E-state index contributed by atoms with van der Waals surface area (Å²) in [6, 6.07) is 0. The van der Waals surface area contributed by atoms with E-state index < -0.39 is 17.7 Å². The van der Waals surface area contributed by atoms with Gasteiger partial charge in [-0.1, -0.05) is 11.6 Å². The molecule has 0 rings (SSSR count). The summed E-state index contributed by atoms with van der Waals surface area (Å²) in [6.45, 7) is 2.84. The van der Waals surface area contributed by atoms with E-state index in [0.29, 0.717) is 6.26 Å². The summed E-state index contributed by atoms with van der Waals surface area (Å²) in [4.78, 5) is 10.9. The monoisotopic (exact) mass is 246 g/mol. The molecule has 1 unspecified atom stereocenters. The van der Waals surface area contributed by atoms with Gasteiger partial charge in [0.05, 0.1) is 12.2 Å². The molecule has 0 saturated carbocycles. The number of rotatable bonds is 5. The normalized spacial score (nSPS) is 14.7. The maximum atomic E-state index is 12.4. The molecule has 1 atom stereocenters. The maximum Gasteiger partial charge on any atom is 0.444 e. The molecule has 0 radical (unpaired) electrons. The van der Waals surface area contributed by atoms with Crippen LogP contribution in [0.25, 0.3) is 0 Å². The lowest BCUT2D eigenvalue weighted by atomic mass is 10.3. The zero-order chi connectivity index (χ0) is 12.1. The average molecular weight is 247 g/mol. The van der Waals surface area contributed by atoms with E-state index in [9.17, 15) is 18.0 Å². The van der Waals surface area contributed by atoms with E-state index in [1.54, 1.807) is 6.92 Å². The van der Waals surface area contributed by atoms with Crippen molar-refractivity contribution in [2.45, 2.75) is 25.6 Å². The second kappa shape index (κ2) is 5.85. The highest BCUT2D eigenvalue weighted by Gasteiger charge is 2.41. The molecule has 0 aromatic heterocycles. The first-order chi connectivity index (χ1) is 6.81. The first-order valence-electron chi connectivity index (χ1n) is 3.99. The lowest BCUT2D eigenvalue weighted by Crippen LogP contribution is -2.27. The van der Waals surface area contributed by atoms with E-state index in [1.807, 2.05) is 0 Å². The third kappa shape index (κ3) is 4.92. The van der Waals surface area contributed by atoms with Gasteiger partial charge in [-0.15, -0.1) is 0 Å². The van der Waals surface area contributed by atoms with Crippen LogP contribution in [0.2, 0.25) is 0 Å². The standard InChI is InChI=1S/C8H10ClF3O3/c1-3-14-6(13)5(2)4-15-8(11,12)7(9)10/h4,7H,3H2,1-2H3/b5-4+. The Morgan fingerprint density at radius 2 is 2.13 bits per heavy atom. The molecule has 0 fully saturated rings. The van der Waals surface area contributed by atoms with Gasteiger partial charge in [0.2, 0.25) is 0 Å². The molecule has 15 heavy (non-hydrogen) atoms. The predicted molar refractivity (Wildman–Crippen MR) is 47.2 cm³/mol. The van der Waals surface area contributed by atoms with Crippen molar-refractivity contribution in [3.8, 4) is 0 Å². The van der Waals surface area contributed by atoms with Gasteiger partial charge in [-0.2, -0.15) is 8.78 Å². The van der Waals surface area contributed by atoms with Crippen molar-refractivity contribution in [1.82, 2.24) is 0 Å². The van der Waals surface area contributed by atoms with Crippen molar-refractivity contribution in [2.24, 2.45) is 0 Å². The molecular weight excluding hydrogens is 237 g/mol. The Bertz CT molecular complexity index is 254. The van der Waals surface area contributed by atoms with E-state index in [2.05, 4.69) is 21.1 Å². The van der Waals surface area contributed by atoms with Gasteiger partial charge in [-0.3, -0.25) is 0 Å². The van der Waals surface area contributed by atoms with Crippen LogP contribution in [-0.2, 0) is 14.3 Å². The topological polar surface area (TPSA) is 35.5 Å². The highest BCUT2D eigenvalue weighted by Crippen LogP contribution is 2.26. The molecule has 0 aliphatic carbocycles. The van der Waals surface area contributed by atoms with Crippen molar-refractivity contribution in [2.75, 3.05) is 6.61 Å². The number of hydrogen-bond donors (Lipinski definition) is 0. The van der Waals surface area contributed by atoms with Crippen molar-refractivity contribution >= 4 is 17.6 Å². The number of carbonyl (C=O) groups excluding carboxylic acids is 1. The van der Waals surface area contributed by atoms with E-state index in [0.717, 1.165) is 0 Å². The fourth-order valence-corrected chi connectivity index (χ4v) is 0.563. The highest BCUT2D eigenvalue weighted by molar-refractivity contribution is 6.20. The van der Waals surface area contributed by atoms with Gasteiger partial charge in [0.25, 0.3) is 5.63 Å². The fourth-order valence-electron chi connectivity index (χ4n) is 0.511. The molecule has 0 aliphatic rings.